The van der Waals surface area contributed by atoms with Gasteiger partial charge >= 0.3 is 0 Å². The topological polar surface area (TPSA) is 80.0 Å². The molecule has 0 spiro atoms. The van der Waals surface area contributed by atoms with Gasteiger partial charge in [0.25, 0.3) is 5.91 Å². The number of fused-ring (bicyclic) bond motifs is 1. The highest BCUT2D eigenvalue weighted by molar-refractivity contribution is 7.13. The Hall–Kier alpha value is -2.77. The van der Waals surface area contributed by atoms with Gasteiger partial charge in [-0.25, -0.2) is 9.37 Å². The SMILES string of the molecule is Nc1ccc(-c2ccc(F)cc2)cc1NC(=O)c1nc2c(s1)CCNC2. The summed E-state index contributed by atoms with van der Waals surface area (Å²) < 4.78 is 13.1. The largest absolute Gasteiger partial charge is 0.397 e. The van der Waals surface area contributed by atoms with Crippen molar-refractivity contribution in [3.63, 3.8) is 0 Å². The van der Waals surface area contributed by atoms with E-state index in [2.05, 4.69) is 15.6 Å². The van der Waals surface area contributed by atoms with Crippen molar-refractivity contribution in [2.75, 3.05) is 17.6 Å². The number of nitrogens with one attached hydrogen (secondary N) is 2. The number of hydrogen-bond donors (Lipinski definition) is 3. The molecule has 0 atom stereocenters. The Morgan fingerprint density at radius 2 is 1.96 bits per heavy atom. The highest BCUT2D eigenvalue weighted by Crippen LogP contribution is 2.29. The number of carbonyl (C=O) groups excluding carboxylic acids is 1. The van der Waals surface area contributed by atoms with Gasteiger partial charge in [0.15, 0.2) is 5.01 Å². The van der Waals surface area contributed by atoms with Crippen LogP contribution >= 0.6 is 11.3 Å². The minimum Gasteiger partial charge on any atom is -0.397 e. The molecule has 26 heavy (non-hydrogen) atoms. The maximum absolute atomic E-state index is 13.1. The number of amides is 1. The van der Waals surface area contributed by atoms with E-state index in [-0.39, 0.29) is 11.7 Å². The van der Waals surface area contributed by atoms with Gasteiger partial charge in [-0.2, -0.15) is 0 Å². The molecule has 3 aromatic rings. The van der Waals surface area contributed by atoms with E-state index >= 15 is 0 Å². The first kappa shape index (κ1) is 16.7. The Morgan fingerprint density at radius 1 is 1.19 bits per heavy atom. The van der Waals surface area contributed by atoms with Crippen LogP contribution in [-0.2, 0) is 13.0 Å². The van der Waals surface area contributed by atoms with Crippen molar-refractivity contribution in [1.82, 2.24) is 10.3 Å². The molecule has 1 aliphatic heterocycles. The molecule has 4 rings (SSSR count). The van der Waals surface area contributed by atoms with Crippen molar-refractivity contribution in [2.45, 2.75) is 13.0 Å². The number of aromatic nitrogens is 1. The molecule has 0 radical (unpaired) electrons. The van der Waals surface area contributed by atoms with Crippen LogP contribution in [0.15, 0.2) is 42.5 Å². The number of hydrogen-bond acceptors (Lipinski definition) is 5. The standard InChI is InChI=1S/C19H17FN4OS/c20-13-4-1-11(2-5-13)12-3-6-14(21)15(9-12)23-18(25)19-24-16-10-22-8-7-17(16)26-19/h1-6,9,22H,7-8,10,21H2,(H,23,25). The van der Waals surface area contributed by atoms with Crippen LogP contribution in [0.4, 0.5) is 15.8 Å². The third-order valence-corrected chi connectivity index (χ3v) is 5.43. The highest BCUT2D eigenvalue weighted by atomic mass is 32.1. The van der Waals surface area contributed by atoms with E-state index in [0.717, 1.165) is 34.7 Å². The average Bonchev–Trinajstić information content (AvgIpc) is 3.09. The molecule has 132 valence electrons. The van der Waals surface area contributed by atoms with Crippen LogP contribution in [0.5, 0.6) is 0 Å². The molecule has 2 aromatic carbocycles. The summed E-state index contributed by atoms with van der Waals surface area (Å²) in [6, 6.07) is 11.5. The molecule has 1 aliphatic rings. The van der Waals surface area contributed by atoms with E-state index in [1.54, 1.807) is 24.3 Å². The van der Waals surface area contributed by atoms with Crippen molar-refractivity contribution in [2.24, 2.45) is 0 Å². The number of nitrogen functional groups attached to an aromatic ring is 1. The maximum Gasteiger partial charge on any atom is 0.284 e. The van der Waals surface area contributed by atoms with Crippen LogP contribution in [0.25, 0.3) is 11.1 Å². The average molecular weight is 368 g/mol. The van der Waals surface area contributed by atoms with E-state index in [1.165, 1.54) is 23.5 Å². The summed E-state index contributed by atoms with van der Waals surface area (Å²) in [5.41, 5.74) is 9.63. The Labute approximate surface area is 154 Å². The number of carbonyl (C=O) groups is 1. The summed E-state index contributed by atoms with van der Waals surface area (Å²) in [5.74, 6) is -0.563. The first-order valence-corrected chi connectivity index (χ1v) is 9.08. The predicted molar refractivity (Wildman–Crippen MR) is 102 cm³/mol. The van der Waals surface area contributed by atoms with Crippen molar-refractivity contribution in [1.29, 1.82) is 0 Å². The molecule has 4 N–H and O–H groups in total. The monoisotopic (exact) mass is 368 g/mol. The van der Waals surface area contributed by atoms with Gasteiger partial charge in [-0.15, -0.1) is 11.3 Å². The van der Waals surface area contributed by atoms with E-state index < -0.39 is 0 Å². The van der Waals surface area contributed by atoms with E-state index in [9.17, 15) is 9.18 Å². The molecule has 0 bridgehead atoms. The van der Waals surface area contributed by atoms with Gasteiger partial charge in [0.2, 0.25) is 0 Å². The molecule has 2 heterocycles. The second kappa shape index (κ2) is 6.86. The van der Waals surface area contributed by atoms with Crippen LogP contribution in [-0.4, -0.2) is 17.4 Å². The lowest BCUT2D eigenvalue weighted by molar-refractivity contribution is 0.102. The van der Waals surface area contributed by atoms with E-state index in [0.29, 0.717) is 22.9 Å². The van der Waals surface area contributed by atoms with Gasteiger partial charge in [0.1, 0.15) is 5.82 Å². The van der Waals surface area contributed by atoms with E-state index in [4.69, 9.17) is 5.73 Å². The summed E-state index contributed by atoms with van der Waals surface area (Å²) in [5, 5.41) is 6.53. The molecule has 1 amide bonds. The summed E-state index contributed by atoms with van der Waals surface area (Å²) in [6.45, 7) is 1.60. The fourth-order valence-electron chi connectivity index (χ4n) is 2.88. The lowest BCUT2D eigenvalue weighted by Gasteiger charge is -2.10. The number of rotatable bonds is 3. The Balaban J connectivity index is 1.59. The van der Waals surface area contributed by atoms with Crippen molar-refractivity contribution >= 4 is 28.6 Å². The second-order valence-corrected chi connectivity index (χ2v) is 7.16. The van der Waals surface area contributed by atoms with Crippen molar-refractivity contribution in [3.8, 4) is 11.1 Å². The molecular weight excluding hydrogens is 351 g/mol. The van der Waals surface area contributed by atoms with Crippen molar-refractivity contribution in [3.05, 3.63) is 63.9 Å². The van der Waals surface area contributed by atoms with Gasteiger partial charge < -0.3 is 16.4 Å². The zero-order valence-electron chi connectivity index (χ0n) is 13.9. The minimum absolute atomic E-state index is 0.271. The number of halogens is 1. The quantitative estimate of drug-likeness (QED) is 0.619. The van der Waals surface area contributed by atoms with Gasteiger partial charge in [0.05, 0.1) is 17.1 Å². The van der Waals surface area contributed by atoms with Crippen molar-refractivity contribution < 1.29 is 9.18 Å². The Bertz CT molecular complexity index is 945. The molecule has 0 saturated heterocycles. The zero-order valence-corrected chi connectivity index (χ0v) is 14.7. The fourth-order valence-corrected chi connectivity index (χ4v) is 3.86. The molecule has 7 heteroatoms. The fraction of sp³-hybridized carbons (Fsp3) is 0.158. The molecule has 1 aromatic heterocycles. The number of anilines is 2. The molecule has 0 aliphatic carbocycles. The summed E-state index contributed by atoms with van der Waals surface area (Å²) in [7, 11) is 0. The molecule has 0 unspecified atom stereocenters. The smallest absolute Gasteiger partial charge is 0.284 e. The van der Waals surface area contributed by atoms with Gasteiger partial charge in [0, 0.05) is 18.0 Å². The summed E-state index contributed by atoms with van der Waals surface area (Å²) in [6.07, 6.45) is 0.891. The summed E-state index contributed by atoms with van der Waals surface area (Å²) >= 11 is 1.43. The minimum atomic E-state index is -0.292. The third-order valence-electron chi connectivity index (χ3n) is 4.27. The maximum atomic E-state index is 13.1. The van der Waals surface area contributed by atoms with Crippen LogP contribution in [0.2, 0.25) is 0 Å². The zero-order chi connectivity index (χ0) is 18.1. The molecule has 5 nitrogen and oxygen atoms in total. The van der Waals surface area contributed by atoms with Crippen LogP contribution < -0.4 is 16.4 Å². The summed E-state index contributed by atoms with van der Waals surface area (Å²) in [4.78, 5) is 18.2. The lowest BCUT2D eigenvalue weighted by Crippen LogP contribution is -2.22. The second-order valence-electron chi connectivity index (χ2n) is 6.08. The molecule has 0 saturated carbocycles. The van der Waals surface area contributed by atoms with Crippen LogP contribution in [0.3, 0.4) is 0 Å². The van der Waals surface area contributed by atoms with Gasteiger partial charge in [-0.1, -0.05) is 18.2 Å². The van der Waals surface area contributed by atoms with E-state index in [1.807, 2.05) is 6.07 Å². The highest BCUT2D eigenvalue weighted by Gasteiger charge is 2.19. The lowest BCUT2D eigenvalue weighted by atomic mass is 10.0. The number of nitrogens with two attached hydrogens (primary N) is 1. The van der Waals surface area contributed by atoms with Crippen LogP contribution in [0, 0.1) is 5.82 Å². The molecule has 0 fully saturated rings. The Kier molecular flexibility index (Phi) is 4.40. The predicted octanol–water partition coefficient (Wildman–Crippen LogP) is 3.43. The number of nitrogens with zero attached hydrogens (tertiary/aromatic N) is 1. The Morgan fingerprint density at radius 3 is 2.73 bits per heavy atom. The molecular formula is C19H17FN4OS. The normalized spacial score (nSPS) is 13.3. The first-order valence-electron chi connectivity index (χ1n) is 8.26. The first-order chi connectivity index (χ1) is 12.6. The number of thiazole rings is 1. The number of benzene rings is 2. The third kappa shape index (κ3) is 3.31. The van der Waals surface area contributed by atoms with Crippen LogP contribution in [0.1, 0.15) is 20.4 Å². The van der Waals surface area contributed by atoms with Gasteiger partial charge in [-0.3, -0.25) is 4.79 Å². The van der Waals surface area contributed by atoms with Gasteiger partial charge in [-0.05, 0) is 41.8 Å².